The highest BCUT2D eigenvalue weighted by Crippen LogP contribution is 2.25. The van der Waals surface area contributed by atoms with Crippen molar-refractivity contribution in [2.24, 2.45) is 0 Å². The van der Waals surface area contributed by atoms with E-state index in [1.165, 1.54) is 0 Å². The molecule has 0 fully saturated rings. The van der Waals surface area contributed by atoms with Gasteiger partial charge in [-0.2, -0.15) is 0 Å². The van der Waals surface area contributed by atoms with Gasteiger partial charge in [-0.15, -0.1) is 0 Å². The standard InChI is InChI=1S/C19H12ClNO/c20-16-8-4-3-7-15(16)19(22)18-10-9-17-14-6-2-1-5-13(14)11-12-21(17)18/h1-12H. The van der Waals surface area contributed by atoms with Gasteiger partial charge in [0.25, 0.3) is 0 Å². The van der Waals surface area contributed by atoms with Gasteiger partial charge in [-0.05, 0) is 35.7 Å². The summed E-state index contributed by atoms with van der Waals surface area (Å²) in [5.41, 5.74) is 2.17. The van der Waals surface area contributed by atoms with E-state index >= 15 is 0 Å². The number of carbonyl (C=O) groups is 1. The Hall–Kier alpha value is -2.58. The van der Waals surface area contributed by atoms with Crippen LogP contribution in [0, 0.1) is 0 Å². The summed E-state index contributed by atoms with van der Waals surface area (Å²) in [6.07, 6.45) is 1.93. The summed E-state index contributed by atoms with van der Waals surface area (Å²) in [7, 11) is 0. The van der Waals surface area contributed by atoms with E-state index < -0.39 is 0 Å². The van der Waals surface area contributed by atoms with Crippen LogP contribution in [0.4, 0.5) is 0 Å². The highest BCUT2D eigenvalue weighted by Gasteiger charge is 2.16. The van der Waals surface area contributed by atoms with E-state index in [1.54, 1.807) is 12.1 Å². The predicted molar refractivity (Wildman–Crippen MR) is 89.8 cm³/mol. The van der Waals surface area contributed by atoms with Gasteiger partial charge in [0.2, 0.25) is 5.78 Å². The summed E-state index contributed by atoms with van der Waals surface area (Å²) in [5.74, 6) is -0.0686. The lowest BCUT2D eigenvalue weighted by Crippen LogP contribution is -2.05. The molecule has 0 saturated heterocycles. The summed E-state index contributed by atoms with van der Waals surface area (Å²) in [4.78, 5) is 12.8. The third-order valence-electron chi connectivity index (χ3n) is 3.91. The molecule has 0 radical (unpaired) electrons. The monoisotopic (exact) mass is 305 g/mol. The second-order valence-electron chi connectivity index (χ2n) is 5.19. The maximum absolute atomic E-state index is 12.8. The summed E-state index contributed by atoms with van der Waals surface area (Å²) >= 11 is 6.15. The third-order valence-corrected chi connectivity index (χ3v) is 4.24. The number of rotatable bonds is 2. The zero-order valence-electron chi connectivity index (χ0n) is 11.7. The number of pyridine rings is 1. The summed E-state index contributed by atoms with van der Waals surface area (Å²) in [6.45, 7) is 0. The van der Waals surface area contributed by atoms with Crippen molar-refractivity contribution >= 4 is 33.7 Å². The minimum absolute atomic E-state index is 0.0686. The Morgan fingerprint density at radius 2 is 1.64 bits per heavy atom. The Morgan fingerprint density at radius 1 is 0.864 bits per heavy atom. The second-order valence-corrected chi connectivity index (χ2v) is 5.59. The van der Waals surface area contributed by atoms with Crippen molar-refractivity contribution in [1.82, 2.24) is 4.40 Å². The first kappa shape index (κ1) is 13.1. The number of fused-ring (bicyclic) bond motifs is 3. The van der Waals surface area contributed by atoms with Crippen LogP contribution in [0.1, 0.15) is 16.1 Å². The van der Waals surface area contributed by atoms with Gasteiger partial charge >= 0.3 is 0 Å². The van der Waals surface area contributed by atoms with Crippen molar-refractivity contribution in [2.45, 2.75) is 0 Å². The van der Waals surface area contributed by atoms with E-state index in [0.717, 1.165) is 16.3 Å². The average Bonchev–Trinajstić information content (AvgIpc) is 2.99. The topological polar surface area (TPSA) is 21.5 Å². The van der Waals surface area contributed by atoms with Crippen LogP contribution in [0.5, 0.6) is 0 Å². The van der Waals surface area contributed by atoms with Crippen LogP contribution in [-0.2, 0) is 0 Å². The summed E-state index contributed by atoms with van der Waals surface area (Å²) in [5, 5.41) is 2.76. The first-order valence-corrected chi connectivity index (χ1v) is 7.41. The van der Waals surface area contributed by atoms with Crippen molar-refractivity contribution in [3.05, 3.63) is 89.2 Å². The number of hydrogen-bond acceptors (Lipinski definition) is 1. The first-order valence-electron chi connectivity index (χ1n) is 7.04. The molecule has 2 nitrogen and oxygen atoms in total. The predicted octanol–water partition coefficient (Wildman–Crippen LogP) is 4.98. The number of nitrogens with zero attached hydrogens (tertiary/aromatic N) is 1. The van der Waals surface area contributed by atoms with Gasteiger partial charge in [-0.1, -0.05) is 48.0 Å². The normalized spacial score (nSPS) is 11.1. The molecule has 0 unspecified atom stereocenters. The molecule has 0 bridgehead atoms. The molecular weight excluding hydrogens is 294 g/mol. The average molecular weight is 306 g/mol. The first-order chi connectivity index (χ1) is 10.8. The van der Waals surface area contributed by atoms with E-state index in [9.17, 15) is 4.79 Å². The van der Waals surface area contributed by atoms with Crippen molar-refractivity contribution in [2.75, 3.05) is 0 Å². The lowest BCUT2D eigenvalue weighted by Gasteiger charge is -2.06. The Morgan fingerprint density at radius 3 is 2.50 bits per heavy atom. The van der Waals surface area contributed by atoms with Crippen molar-refractivity contribution < 1.29 is 4.79 Å². The van der Waals surface area contributed by atoms with Crippen LogP contribution >= 0.6 is 11.6 Å². The van der Waals surface area contributed by atoms with Crippen molar-refractivity contribution in [1.29, 1.82) is 0 Å². The molecule has 0 aliphatic carbocycles. The lowest BCUT2D eigenvalue weighted by atomic mass is 10.1. The molecule has 0 aliphatic rings. The number of halogens is 1. The van der Waals surface area contributed by atoms with Crippen LogP contribution in [0.2, 0.25) is 5.02 Å². The molecule has 0 N–H and O–H groups in total. The minimum Gasteiger partial charge on any atom is -0.313 e. The van der Waals surface area contributed by atoms with Crippen molar-refractivity contribution in [3.63, 3.8) is 0 Å². The van der Waals surface area contributed by atoms with E-state index in [1.807, 2.05) is 53.1 Å². The lowest BCUT2D eigenvalue weighted by molar-refractivity contribution is 0.103. The minimum atomic E-state index is -0.0686. The summed E-state index contributed by atoms with van der Waals surface area (Å²) < 4.78 is 1.92. The van der Waals surface area contributed by atoms with E-state index in [4.69, 9.17) is 11.6 Å². The van der Waals surface area contributed by atoms with E-state index in [-0.39, 0.29) is 5.78 Å². The molecule has 106 valence electrons. The largest absolute Gasteiger partial charge is 0.313 e. The van der Waals surface area contributed by atoms with Crippen LogP contribution in [-0.4, -0.2) is 10.2 Å². The molecule has 4 rings (SSSR count). The molecule has 0 aliphatic heterocycles. The number of aromatic nitrogens is 1. The fourth-order valence-corrected chi connectivity index (χ4v) is 3.05. The van der Waals surface area contributed by atoms with Crippen LogP contribution in [0.15, 0.2) is 72.9 Å². The molecule has 2 aromatic heterocycles. The number of ketones is 1. The second kappa shape index (κ2) is 5.00. The molecule has 2 aromatic carbocycles. The SMILES string of the molecule is O=C(c1ccccc1Cl)c1ccc2c3ccccc3ccn12. The van der Waals surface area contributed by atoms with Gasteiger partial charge in [0, 0.05) is 17.1 Å². The fraction of sp³-hybridized carbons (Fsp3) is 0. The Kier molecular flexibility index (Phi) is 2.98. The zero-order valence-corrected chi connectivity index (χ0v) is 12.4. The zero-order chi connectivity index (χ0) is 15.1. The molecule has 2 heterocycles. The number of hydrogen-bond donors (Lipinski definition) is 0. The molecule has 0 atom stereocenters. The number of carbonyl (C=O) groups excluding carboxylic acids is 1. The highest BCUT2D eigenvalue weighted by atomic mass is 35.5. The molecule has 4 aromatic rings. The van der Waals surface area contributed by atoms with E-state index in [0.29, 0.717) is 16.3 Å². The Labute approximate surface area is 132 Å². The Bertz CT molecular complexity index is 1020. The van der Waals surface area contributed by atoms with E-state index in [2.05, 4.69) is 12.1 Å². The molecule has 0 amide bonds. The highest BCUT2D eigenvalue weighted by molar-refractivity contribution is 6.34. The fourth-order valence-electron chi connectivity index (χ4n) is 2.83. The molecule has 22 heavy (non-hydrogen) atoms. The molecule has 0 spiro atoms. The molecular formula is C19H12ClNO. The molecule has 3 heteroatoms. The van der Waals surface area contributed by atoms with Crippen LogP contribution in [0.3, 0.4) is 0 Å². The van der Waals surface area contributed by atoms with Gasteiger partial charge in [0.05, 0.1) is 16.2 Å². The number of benzene rings is 2. The van der Waals surface area contributed by atoms with Gasteiger partial charge in [0.1, 0.15) is 0 Å². The van der Waals surface area contributed by atoms with Crippen molar-refractivity contribution in [3.8, 4) is 0 Å². The third kappa shape index (κ3) is 1.92. The van der Waals surface area contributed by atoms with Gasteiger partial charge in [-0.3, -0.25) is 4.79 Å². The summed E-state index contributed by atoms with van der Waals surface area (Å²) in [6, 6.07) is 21.1. The van der Waals surface area contributed by atoms with Gasteiger partial charge in [0.15, 0.2) is 0 Å². The Balaban J connectivity index is 1.95. The maximum atomic E-state index is 12.8. The van der Waals surface area contributed by atoms with Gasteiger partial charge in [-0.25, -0.2) is 0 Å². The quantitative estimate of drug-likeness (QED) is 0.479. The van der Waals surface area contributed by atoms with Crippen LogP contribution in [0.25, 0.3) is 16.3 Å². The maximum Gasteiger partial charge on any atom is 0.211 e. The smallest absolute Gasteiger partial charge is 0.211 e. The molecule has 0 saturated carbocycles. The van der Waals surface area contributed by atoms with Gasteiger partial charge < -0.3 is 4.40 Å². The van der Waals surface area contributed by atoms with Crippen LogP contribution < -0.4 is 0 Å².